The molecule has 0 spiro atoms. The zero-order valence-corrected chi connectivity index (χ0v) is 8.08. The predicted octanol–water partition coefficient (Wildman–Crippen LogP) is 3.67. The largest absolute Gasteiger partial charge is 0.416 e. The third-order valence-corrected chi connectivity index (χ3v) is 2.27. The molecule has 15 heavy (non-hydrogen) atoms. The van der Waals surface area contributed by atoms with Crippen molar-refractivity contribution in [1.82, 2.24) is 0 Å². The van der Waals surface area contributed by atoms with Crippen LogP contribution in [-0.2, 0) is 6.18 Å². The van der Waals surface area contributed by atoms with Gasteiger partial charge in [0.25, 0.3) is 0 Å². The molecule has 0 aliphatic carbocycles. The van der Waals surface area contributed by atoms with Crippen LogP contribution in [0.25, 0.3) is 0 Å². The van der Waals surface area contributed by atoms with Crippen LogP contribution in [-0.4, -0.2) is 0 Å². The molecule has 1 aliphatic rings. The van der Waals surface area contributed by atoms with E-state index >= 15 is 0 Å². The van der Waals surface area contributed by atoms with Crippen molar-refractivity contribution in [2.24, 2.45) is 0 Å². The molecule has 1 heterocycles. The Morgan fingerprint density at radius 1 is 1.07 bits per heavy atom. The molecule has 1 aromatic rings. The third kappa shape index (κ3) is 1.87. The Bertz CT molecular complexity index is 426. The molecule has 0 saturated heterocycles. The van der Waals surface area contributed by atoms with E-state index < -0.39 is 11.7 Å². The lowest BCUT2D eigenvalue weighted by Gasteiger charge is -2.18. The Morgan fingerprint density at radius 3 is 2.40 bits per heavy atom. The van der Waals surface area contributed by atoms with Gasteiger partial charge < -0.3 is 10.6 Å². The lowest BCUT2D eigenvalue weighted by atomic mass is 10.1. The fourth-order valence-corrected chi connectivity index (χ4v) is 1.56. The van der Waals surface area contributed by atoms with Crippen LogP contribution in [0.1, 0.15) is 5.56 Å². The molecule has 80 valence electrons. The molecule has 0 unspecified atom stereocenters. The van der Waals surface area contributed by atoms with E-state index in [1.807, 2.05) is 0 Å². The lowest BCUT2D eigenvalue weighted by molar-refractivity contribution is -0.137. The lowest BCUT2D eigenvalue weighted by Crippen LogP contribution is -2.09. The van der Waals surface area contributed by atoms with Gasteiger partial charge in [-0.25, -0.2) is 0 Å². The van der Waals surface area contributed by atoms with E-state index in [1.165, 1.54) is 6.20 Å². The Balaban J connectivity index is 2.52. The molecule has 2 nitrogen and oxygen atoms in total. The molecule has 6 heteroatoms. The van der Waals surface area contributed by atoms with Gasteiger partial charge in [0.2, 0.25) is 0 Å². The minimum absolute atomic E-state index is 0.0386. The summed E-state index contributed by atoms with van der Waals surface area (Å²) in [6, 6.07) is 1.91. The number of fused-ring (bicyclic) bond motifs is 1. The SMILES string of the molecule is FC(F)(F)c1cc(Cl)c2c(c1)NC=CN2. The summed E-state index contributed by atoms with van der Waals surface area (Å²) in [6.45, 7) is 0. The van der Waals surface area contributed by atoms with Gasteiger partial charge in [-0.05, 0) is 12.1 Å². The number of benzene rings is 1. The monoisotopic (exact) mass is 234 g/mol. The van der Waals surface area contributed by atoms with Crippen molar-refractivity contribution >= 4 is 23.0 Å². The van der Waals surface area contributed by atoms with E-state index in [0.29, 0.717) is 11.4 Å². The van der Waals surface area contributed by atoms with Crippen LogP contribution >= 0.6 is 11.6 Å². The fourth-order valence-electron chi connectivity index (χ4n) is 1.29. The van der Waals surface area contributed by atoms with Gasteiger partial charge in [-0.15, -0.1) is 0 Å². The summed E-state index contributed by atoms with van der Waals surface area (Å²) < 4.78 is 37.2. The summed E-state index contributed by atoms with van der Waals surface area (Å²) in [5, 5.41) is 5.49. The fraction of sp³-hybridized carbons (Fsp3) is 0.111. The van der Waals surface area contributed by atoms with E-state index in [-0.39, 0.29) is 5.02 Å². The minimum Gasteiger partial charge on any atom is -0.359 e. The van der Waals surface area contributed by atoms with Crippen LogP contribution in [0.2, 0.25) is 5.02 Å². The number of hydrogen-bond donors (Lipinski definition) is 2. The summed E-state index contributed by atoms with van der Waals surface area (Å²) >= 11 is 5.72. The Hall–Kier alpha value is -1.36. The summed E-state index contributed by atoms with van der Waals surface area (Å²) in [4.78, 5) is 0. The molecule has 0 fully saturated rings. The summed E-state index contributed by atoms with van der Waals surface area (Å²) in [5.41, 5.74) is 0.000316. The maximum absolute atomic E-state index is 12.4. The quantitative estimate of drug-likeness (QED) is 0.716. The third-order valence-electron chi connectivity index (χ3n) is 1.97. The van der Waals surface area contributed by atoms with E-state index in [0.717, 1.165) is 12.1 Å². The maximum atomic E-state index is 12.4. The van der Waals surface area contributed by atoms with Gasteiger partial charge in [0, 0.05) is 12.4 Å². The number of hydrogen-bond acceptors (Lipinski definition) is 2. The van der Waals surface area contributed by atoms with E-state index in [4.69, 9.17) is 11.6 Å². The van der Waals surface area contributed by atoms with Crippen LogP contribution in [0.5, 0.6) is 0 Å². The van der Waals surface area contributed by atoms with E-state index in [9.17, 15) is 13.2 Å². The highest BCUT2D eigenvalue weighted by molar-refractivity contribution is 6.34. The molecule has 0 amide bonds. The molecule has 0 atom stereocenters. The summed E-state index contributed by atoms with van der Waals surface area (Å²) in [6.07, 6.45) is -1.33. The van der Waals surface area contributed by atoms with Crippen LogP contribution in [0.4, 0.5) is 24.5 Å². The van der Waals surface area contributed by atoms with Crippen LogP contribution in [0.15, 0.2) is 24.5 Å². The van der Waals surface area contributed by atoms with Gasteiger partial charge in [-0.3, -0.25) is 0 Å². The van der Waals surface area contributed by atoms with Crippen LogP contribution in [0.3, 0.4) is 0 Å². The number of nitrogens with one attached hydrogen (secondary N) is 2. The van der Waals surface area contributed by atoms with Crippen LogP contribution in [0, 0.1) is 0 Å². The molecular formula is C9H6ClF3N2. The van der Waals surface area contributed by atoms with Crippen molar-refractivity contribution in [3.63, 3.8) is 0 Å². The van der Waals surface area contributed by atoms with Crippen LogP contribution < -0.4 is 10.6 Å². The Labute approximate surface area is 88.7 Å². The topological polar surface area (TPSA) is 24.1 Å². The molecule has 0 saturated carbocycles. The first-order valence-corrected chi connectivity index (χ1v) is 4.45. The molecule has 0 radical (unpaired) electrons. The maximum Gasteiger partial charge on any atom is 0.416 e. The first-order chi connectivity index (χ1) is 6.98. The summed E-state index contributed by atoms with van der Waals surface area (Å²) in [7, 11) is 0. The zero-order valence-electron chi connectivity index (χ0n) is 7.32. The first kappa shape index (κ1) is 10.2. The Kier molecular flexibility index (Phi) is 2.26. The Morgan fingerprint density at radius 2 is 1.73 bits per heavy atom. The molecular weight excluding hydrogens is 229 g/mol. The number of halogens is 4. The van der Waals surface area contributed by atoms with Gasteiger partial charge in [-0.1, -0.05) is 11.6 Å². The predicted molar refractivity (Wildman–Crippen MR) is 52.8 cm³/mol. The van der Waals surface area contributed by atoms with Crippen molar-refractivity contribution in [3.05, 3.63) is 35.1 Å². The van der Waals surface area contributed by atoms with Crippen molar-refractivity contribution in [2.45, 2.75) is 6.18 Å². The van der Waals surface area contributed by atoms with Gasteiger partial charge in [0.1, 0.15) is 0 Å². The highest BCUT2D eigenvalue weighted by atomic mass is 35.5. The molecule has 1 aliphatic heterocycles. The second-order valence-electron chi connectivity index (χ2n) is 3.00. The van der Waals surface area contributed by atoms with Gasteiger partial charge in [0.15, 0.2) is 0 Å². The summed E-state index contributed by atoms with van der Waals surface area (Å²) in [5.74, 6) is 0. The van der Waals surface area contributed by atoms with Crippen molar-refractivity contribution in [1.29, 1.82) is 0 Å². The van der Waals surface area contributed by atoms with E-state index in [2.05, 4.69) is 10.6 Å². The average molecular weight is 235 g/mol. The number of rotatable bonds is 0. The minimum atomic E-state index is -4.39. The smallest absolute Gasteiger partial charge is 0.359 e. The number of anilines is 2. The normalized spacial score (nSPS) is 14.1. The molecule has 2 rings (SSSR count). The van der Waals surface area contributed by atoms with Crippen molar-refractivity contribution < 1.29 is 13.2 Å². The van der Waals surface area contributed by atoms with Crippen molar-refractivity contribution in [3.8, 4) is 0 Å². The first-order valence-electron chi connectivity index (χ1n) is 4.07. The highest BCUT2D eigenvalue weighted by Gasteiger charge is 2.32. The molecule has 0 aromatic heterocycles. The molecule has 0 bridgehead atoms. The van der Waals surface area contributed by atoms with E-state index in [1.54, 1.807) is 6.20 Å². The highest BCUT2D eigenvalue weighted by Crippen LogP contribution is 2.39. The second kappa shape index (κ2) is 3.34. The average Bonchev–Trinajstić information content (AvgIpc) is 2.16. The second-order valence-corrected chi connectivity index (χ2v) is 3.41. The van der Waals surface area contributed by atoms with Gasteiger partial charge >= 0.3 is 6.18 Å². The standard InChI is InChI=1S/C9H6ClF3N2/c10-6-3-5(9(11,12)13)4-7-8(6)15-2-1-14-7/h1-4,14-15H. The van der Waals surface area contributed by atoms with Crippen molar-refractivity contribution in [2.75, 3.05) is 10.6 Å². The number of alkyl halides is 3. The molecule has 2 N–H and O–H groups in total. The zero-order chi connectivity index (χ0) is 11.1. The van der Waals surface area contributed by atoms with Gasteiger partial charge in [-0.2, -0.15) is 13.2 Å². The molecule has 1 aromatic carbocycles. The van der Waals surface area contributed by atoms with Gasteiger partial charge in [0.05, 0.1) is 22.0 Å².